The van der Waals surface area contributed by atoms with E-state index in [0.29, 0.717) is 5.92 Å². The molecular formula is C17H14. The van der Waals surface area contributed by atoms with E-state index in [2.05, 4.69) is 67.6 Å². The predicted octanol–water partition coefficient (Wildman–Crippen LogP) is 4.02. The smallest absolute Gasteiger partial charge is 0.0486 e. The normalized spacial score (nSPS) is 28.3. The lowest BCUT2D eigenvalue weighted by molar-refractivity contribution is 0.752. The molecule has 0 saturated heterocycles. The van der Waals surface area contributed by atoms with Gasteiger partial charge < -0.3 is 0 Å². The molecule has 1 saturated carbocycles. The summed E-state index contributed by atoms with van der Waals surface area (Å²) in [6, 6.07) is 19.7. The summed E-state index contributed by atoms with van der Waals surface area (Å²) in [6.45, 7) is 2.34. The summed E-state index contributed by atoms with van der Waals surface area (Å²) in [5, 5.41) is 0. The predicted molar refractivity (Wildman–Crippen MR) is 70.8 cm³/mol. The van der Waals surface area contributed by atoms with Crippen LogP contribution in [0.2, 0.25) is 0 Å². The molecule has 0 heterocycles. The first kappa shape index (κ1) is 9.23. The van der Waals surface area contributed by atoms with Crippen molar-refractivity contribution in [1.82, 2.24) is 0 Å². The molecule has 1 fully saturated rings. The van der Waals surface area contributed by atoms with Gasteiger partial charge >= 0.3 is 0 Å². The highest BCUT2D eigenvalue weighted by molar-refractivity contribution is 5.82. The molecule has 2 aromatic carbocycles. The molecule has 0 radical (unpaired) electrons. The number of allylic oxidation sites excluding steroid dienone is 1. The van der Waals surface area contributed by atoms with Crippen molar-refractivity contribution in [3.8, 4) is 0 Å². The van der Waals surface area contributed by atoms with E-state index in [-0.39, 0.29) is 5.41 Å². The zero-order valence-corrected chi connectivity index (χ0v) is 9.85. The Morgan fingerprint density at radius 2 is 1.59 bits per heavy atom. The van der Waals surface area contributed by atoms with Gasteiger partial charge in [-0.2, -0.15) is 0 Å². The van der Waals surface area contributed by atoms with E-state index in [9.17, 15) is 0 Å². The van der Waals surface area contributed by atoms with Crippen molar-refractivity contribution in [3.05, 3.63) is 76.9 Å². The van der Waals surface area contributed by atoms with Crippen LogP contribution in [0.1, 0.15) is 23.6 Å². The van der Waals surface area contributed by atoms with Crippen LogP contribution >= 0.6 is 0 Å². The Labute approximate surface area is 102 Å². The maximum Gasteiger partial charge on any atom is 0.0486 e. The van der Waals surface area contributed by atoms with Crippen LogP contribution in [0.3, 0.4) is 0 Å². The fourth-order valence-corrected chi connectivity index (χ4v) is 3.56. The molecule has 0 bridgehead atoms. The van der Waals surface area contributed by atoms with Gasteiger partial charge in [0.05, 0.1) is 0 Å². The van der Waals surface area contributed by atoms with Crippen LogP contribution in [0.15, 0.2) is 60.2 Å². The van der Waals surface area contributed by atoms with E-state index in [1.165, 1.54) is 16.7 Å². The second-order valence-corrected chi connectivity index (χ2v) is 5.08. The van der Waals surface area contributed by atoms with Gasteiger partial charge in [0.1, 0.15) is 0 Å². The fraction of sp³-hybridized carbons (Fsp3) is 0.176. The molecule has 2 aliphatic carbocycles. The minimum absolute atomic E-state index is 0.206. The maximum atomic E-state index is 2.38. The average molecular weight is 218 g/mol. The van der Waals surface area contributed by atoms with E-state index in [4.69, 9.17) is 0 Å². The zero-order valence-electron chi connectivity index (χ0n) is 9.85. The van der Waals surface area contributed by atoms with Gasteiger partial charge in [-0.25, -0.2) is 0 Å². The van der Waals surface area contributed by atoms with Gasteiger partial charge in [0, 0.05) is 5.41 Å². The van der Waals surface area contributed by atoms with E-state index in [0.717, 1.165) is 0 Å². The molecule has 17 heavy (non-hydrogen) atoms. The molecule has 4 rings (SSSR count). The molecule has 2 aromatic rings. The summed E-state index contributed by atoms with van der Waals surface area (Å²) < 4.78 is 0. The molecule has 82 valence electrons. The topological polar surface area (TPSA) is 0 Å². The van der Waals surface area contributed by atoms with E-state index >= 15 is 0 Å². The van der Waals surface area contributed by atoms with E-state index in [1.54, 1.807) is 5.57 Å². The van der Waals surface area contributed by atoms with Crippen LogP contribution in [0.5, 0.6) is 0 Å². The van der Waals surface area contributed by atoms with Gasteiger partial charge in [0.25, 0.3) is 0 Å². The minimum Gasteiger partial charge on any atom is -0.0622 e. The Morgan fingerprint density at radius 1 is 0.882 bits per heavy atom. The van der Waals surface area contributed by atoms with Crippen molar-refractivity contribution in [2.24, 2.45) is 5.92 Å². The van der Waals surface area contributed by atoms with Crippen molar-refractivity contribution in [2.75, 3.05) is 0 Å². The second kappa shape index (κ2) is 2.89. The molecule has 2 aliphatic rings. The number of hydrogen-bond donors (Lipinski definition) is 0. The summed E-state index contributed by atoms with van der Waals surface area (Å²) >= 11 is 0. The Kier molecular flexibility index (Phi) is 1.57. The highest BCUT2D eigenvalue weighted by atomic mass is 14.6. The Bertz CT molecular complexity index is 621. The van der Waals surface area contributed by atoms with Crippen molar-refractivity contribution in [3.63, 3.8) is 0 Å². The molecular weight excluding hydrogens is 204 g/mol. The van der Waals surface area contributed by atoms with Gasteiger partial charge in [0.15, 0.2) is 0 Å². The third-order valence-electron chi connectivity index (χ3n) is 4.41. The number of rotatable bonds is 1. The van der Waals surface area contributed by atoms with Gasteiger partial charge in [-0.05, 0) is 28.2 Å². The standard InChI is InChI=1S/C17H14/c1-12-16-11-13-7-5-6-10-15(13)17(12,16)14-8-3-2-4-9-14/h2-12H,1H3. The molecule has 2 unspecified atom stereocenters. The molecule has 2 atom stereocenters. The SMILES string of the molecule is CC1C2=Cc3ccccc3C21c1ccccc1. The largest absolute Gasteiger partial charge is 0.0622 e. The highest BCUT2D eigenvalue weighted by Gasteiger charge is 2.62. The fourth-order valence-electron chi connectivity index (χ4n) is 3.56. The lowest BCUT2D eigenvalue weighted by atomic mass is 9.85. The maximum absolute atomic E-state index is 2.38. The monoisotopic (exact) mass is 218 g/mol. The molecule has 0 heteroatoms. The summed E-state index contributed by atoms with van der Waals surface area (Å²) in [6.07, 6.45) is 2.38. The minimum atomic E-state index is 0.206. The summed E-state index contributed by atoms with van der Waals surface area (Å²) in [5.74, 6) is 0.666. The first-order valence-electron chi connectivity index (χ1n) is 6.22. The van der Waals surface area contributed by atoms with Crippen molar-refractivity contribution >= 4 is 6.08 Å². The van der Waals surface area contributed by atoms with Crippen LogP contribution < -0.4 is 0 Å². The van der Waals surface area contributed by atoms with Crippen molar-refractivity contribution in [1.29, 1.82) is 0 Å². The average Bonchev–Trinajstić information content (AvgIpc) is 2.83. The number of fused-ring (bicyclic) bond motifs is 3. The van der Waals surface area contributed by atoms with E-state index < -0.39 is 0 Å². The third kappa shape index (κ3) is 0.945. The lowest BCUT2D eigenvalue weighted by Gasteiger charge is -2.17. The second-order valence-electron chi connectivity index (χ2n) is 5.08. The molecule has 0 nitrogen and oxygen atoms in total. The van der Waals surface area contributed by atoms with E-state index in [1.807, 2.05) is 0 Å². The van der Waals surface area contributed by atoms with Crippen LogP contribution in [0, 0.1) is 5.92 Å². The summed E-state index contributed by atoms with van der Waals surface area (Å²) in [5.41, 5.74) is 6.14. The Morgan fingerprint density at radius 3 is 2.41 bits per heavy atom. The summed E-state index contributed by atoms with van der Waals surface area (Å²) in [7, 11) is 0. The first-order valence-corrected chi connectivity index (χ1v) is 6.22. The molecule has 0 aromatic heterocycles. The quantitative estimate of drug-likeness (QED) is 0.678. The van der Waals surface area contributed by atoms with Crippen LogP contribution in [-0.2, 0) is 5.41 Å². The number of hydrogen-bond acceptors (Lipinski definition) is 0. The lowest BCUT2D eigenvalue weighted by Crippen LogP contribution is -2.11. The van der Waals surface area contributed by atoms with Gasteiger partial charge in [0.2, 0.25) is 0 Å². The van der Waals surface area contributed by atoms with Crippen molar-refractivity contribution < 1.29 is 0 Å². The first-order chi connectivity index (χ1) is 8.35. The number of benzene rings is 2. The van der Waals surface area contributed by atoms with Crippen molar-refractivity contribution in [2.45, 2.75) is 12.3 Å². The molecule has 0 N–H and O–H groups in total. The third-order valence-corrected chi connectivity index (χ3v) is 4.41. The Hall–Kier alpha value is -1.82. The van der Waals surface area contributed by atoms with Gasteiger partial charge in [-0.15, -0.1) is 0 Å². The molecule has 0 aliphatic heterocycles. The van der Waals surface area contributed by atoms with Gasteiger partial charge in [-0.1, -0.05) is 67.6 Å². The molecule has 0 amide bonds. The van der Waals surface area contributed by atoms with Gasteiger partial charge in [-0.3, -0.25) is 0 Å². The van der Waals surface area contributed by atoms with Crippen LogP contribution in [-0.4, -0.2) is 0 Å². The zero-order chi connectivity index (χ0) is 11.5. The highest BCUT2D eigenvalue weighted by Crippen LogP contribution is 2.68. The Balaban J connectivity index is 1.99. The van der Waals surface area contributed by atoms with Crippen LogP contribution in [0.4, 0.5) is 0 Å². The molecule has 0 spiro atoms. The van der Waals surface area contributed by atoms with Crippen LogP contribution in [0.25, 0.3) is 6.08 Å². The summed E-state index contributed by atoms with van der Waals surface area (Å²) in [4.78, 5) is 0.